The van der Waals surface area contributed by atoms with Crippen LogP contribution in [-0.2, 0) is 11.2 Å². The van der Waals surface area contributed by atoms with Gasteiger partial charge in [0.15, 0.2) is 0 Å². The topological polar surface area (TPSA) is 98.7 Å². The van der Waals surface area contributed by atoms with Gasteiger partial charge in [-0.05, 0) is 48.7 Å². The summed E-state index contributed by atoms with van der Waals surface area (Å²) in [6, 6.07) is 7.35. The zero-order valence-electron chi connectivity index (χ0n) is 13.5. The maximum absolute atomic E-state index is 12.3. The molecule has 1 N–H and O–H groups in total. The van der Waals surface area contributed by atoms with Crippen molar-refractivity contribution in [2.45, 2.75) is 25.4 Å². The maximum Gasteiger partial charge on any atom is 0.229 e. The van der Waals surface area contributed by atoms with Gasteiger partial charge in [0.05, 0.1) is 17.8 Å². The van der Waals surface area contributed by atoms with Crippen molar-refractivity contribution in [2.75, 3.05) is 11.6 Å². The fraction of sp³-hybridized carbons (Fsp3) is 0.267. The van der Waals surface area contributed by atoms with Crippen molar-refractivity contribution in [3.63, 3.8) is 0 Å². The van der Waals surface area contributed by atoms with Gasteiger partial charge >= 0.3 is 0 Å². The number of nitrogens with one attached hydrogen (secondary N) is 1. The van der Waals surface area contributed by atoms with Crippen LogP contribution in [0.4, 0.5) is 5.69 Å². The Morgan fingerprint density at radius 2 is 2.21 bits per heavy atom. The fourth-order valence-corrected chi connectivity index (χ4v) is 2.74. The van der Waals surface area contributed by atoms with Gasteiger partial charge < -0.3 is 9.84 Å². The Morgan fingerprint density at radius 3 is 2.92 bits per heavy atom. The Labute approximate surface area is 142 Å². The standard InChI is InChI=1S/C15H16N6O2S/c1-9-13(10(2)23-18-9)8-14(22)16-11-5-4-6-12(7-11)21-15(24-3)17-19-20-21/h4-7H,8H2,1-3H3,(H,16,22). The van der Waals surface area contributed by atoms with E-state index in [2.05, 4.69) is 26.0 Å². The minimum atomic E-state index is -0.136. The number of thioether (sulfide) groups is 1. The Kier molecular flexibility index (Phi) is 4.61. The first-order chi connectivity index (χ1) is 11.6. The SMILES string of the molecule is CSc1nnnn1-c1cccc(NC(=O)Cc2c(C)noc2C)c1. The lowest BCUT2D eigenvalue weighted by Crippen LogP contribution is -2.15. The largest absolute Gasteiger partial charge is 0.361 e. The molecule has 2 heterocycles. The molecule has 0 atom stereocenters. The van der Waals surface area contributed by atoms with Gasteiger partial charge in [0.25, 0.3) is 0 Å². The summed E-state index contributed by atoms with van der Waals surface area (Å²) in [7, 11) is 0. The molecule has 0 spiro atoms. The Morgan fingerprint density at radius 1 is 1.38 bits per heavy atom. The van der Waals surface area contributed by atoms with Crippen molar-refractivity contribution in [3.8, 4) is 5.69 Å². The summed E-state index contributed by atoms with van der Waals surface area (Å²) < 4.78 is 6.70. The highest BCUT2D eigenvalue weighted by molar-refractivity contribution is 7.98. The molecule has 0 bridgehead atoms. The molecule has 2 aromatic heterocycles. The highest BCUT2D eigenvalue weighted by Gasteiger charge is 2.14. The summed E-state index contributed by atoms with van der Waals surface area (Å²) >= 11 is 1.44. The smallest absolute Gasteiger partial charge is 0.229 e. The molecule has 24 heavy (non-hydrogen) atoms. The highest BCUT2D eigenvalue weighted by Crippen LogP contribution is 2.19. The van der Waals surface area contributed by atoms with Crippen LogP contribution < -0.4 is 5.32 Å². The summed E-state index contributed by atoms with van der Waals surface area (Å²) in [6.07, 6.45) is 2.11. The number of benzene rings is 1. The number of amides is 1. The summed E-state index contributed by atoms with van der Waals surface area (Å²) in [4.78, 5) is 12.3. The molecule has 0 aliphatic rings. The van der Waals surface area contributed by atoms with E-state index >= 15 is 0 Å². The number of hydrogen-bond acceptors (Lipinski definition) is 7. The zero-order chi connectivity index (χ0) is 17.1. The molecule has 3 aromatic rings. The van der Waals surface area contributed by atoms with Gasteiger partial charge in [0.2, 0.25) is 11.1 Å². The van der Waals surface area contributed by atoms with Crippen molar-refractivity contribution in [2.24, 2.45) is 0 Å². The number of hydrogen-bond donors (Lipinski definition) is 1. The van der Waals surface area contributed by atoms with Crippen LogP contribution >= 0.6 is 11.8 Å². The predicted octanol–water partition coefficient (Wildman–Crippen LogP) is 2.17. The molecular weight excluding hydrogens is 328 g/mol. The van der Waals surface area contributed by atoms with Crippen LogP contribution in [0, 0.1) is 13.8 Å². The van der Waals surface area contributed by atoms with E-state index in [1.54, 1.807) is 11.6 Å². The predicted molar refractivity (Wildman–Crippen MR) is 89.2 cm³/mol. The molecule has 0 fully saturated rings. The minimum Gasteiger partial charge on any atom is -0.361 e. The van der Waals surface area contributed by atoms with Crippen molar-refractivity contribution < 1.29 is 9.32 Å². The maximum atomic E-state index is 12.3. The summed E-state index contributed by atoms with van der Waals surface area (Å²) in [5, 5.41) is 19.0. The molecule has 0 aliphatic heterocycles. The van der Waals surface area contributed by atoms with Gasteiger partial charge in [0.1, 0.15) is 5.76 Å². The Balaban J connectivity index is 1.76. The van der Waals surface area contributed by atoms with Gasteiger partial charge in [-0.2, -0.15) is 4.68 Å². The second kappa shape index (κ2) is 6.83. The molecule has 3 rings (SSSR count). The number of carbonyl (C=O) groups is 1. The molecule has 1 amide bonds. The highest BCUT2D eigenvalue weighted by atomic mass is 32.2. The van der Waals surface area contributed by atoms with E-state index in [9.17, 15) is 4.79 Å². The lowest BCUT2D eigenvalue weighted by molar-refractivity contribution is -0.115. The molecule has 0 radical (unpaired) electrons. The Hall–Kier alpha value is -2.68. The van der Waals surface area contributed by atoms with Gasteiger partial charge in [-0.1, -0.05) is 23.0 Å². The number of aryl methyl sites for hydroxylation is 2. The van der Waals surface area contributed by atoms with E-state index in [4.69, 9.17) is 4.52 Å². The van der Waals surface area contributed by atoms with E-state index < -0.39 is 0 Å². The third-order valence-electron chi connectivity index (χ3n) is 3.52. The molecule has 1 aromatic carbocycles. The lowest BCUT2D eigenvalue weighted by atomic mass is 10.1. The Bertz CT molecular complexity index is 853. The number of rotatable bonds is 5. The van der Waals surface area contributed by atoms with Crippen LogP contribution in [0.25, 0.3) is 5.69 Å². The molecule has 9 heteroatoms. The van der Waals surface area contributed by atoms with Crippen molar-refractivity contribution in [3.05, 3.63) is 41.3 Å². The summed E-state index contributed by atoms with van der Waals surface area (Å²) in [6.45, 7) is 3.62. The molecule has 0 aliphatic carbocycles. The second-order valence-corrected chi connectivity index (χ2v) is 5.93. The van der Waals surface area contributed by atoms with Crippen LogP contribution in [0.3, 0.4) is 0 Å². The normalized spacial score (nSPS) is 10.8. The molecule has 124 valence electrons. The van der Waals surface area contributed by atoms with Gasteiger partial charge in [-0.25, -0.2) is 0 Å². The monoisotopic (exact) mass is 344 g/mol. The zero-order valence-corrected chi connectivity index (χ0v) is 14.3. The average molecular weight is 344 g/mol. The first kappa shape index (κ1) is 16.2. The van der Waals surface area contributed by atoms with Gasteiger partial charge in [-0.15, -0.1) is 5.10 Å². The number of aromatic nitrogens is 5. The molecule has 0 saturated carbocycles. The van der Waals surface area contributed by atoms with Crippen LogP contribution in [0.2, 0.25) is 0 Å². The van der Waals surface area contributed by atoms with E-state index in [0.29, 0.717) is 16.6 Å². The lowest BCUT2D eigenvalue weighted by Gasteiger charge is -2.08. The first-order valence-corrected chi connectivity index (χ1v) is 8.45. The van der Waals surface area contributed by atoms with E-state index in [1.165, 1.54) is 11.8 Å². The van der Waals surface area contributed by atoms with Crippen molar-refractivity contribution in [1.29, 1.82) is 0 Å². The summed E-state index contributed by atoms with van der Waals surface area (Å²) in [5.41, 5.74) is 3.00. The second-order valence-electron chi connectivity index (χ2n) is 5.16. The van der Waals surface area contributed by atoms with Crippen LogP contribution in [0.1, 0.15) is 17.0 Å². The number of anilines is 1. The van der Waals surface area contributed by atoms with Crippen LogP contribution in [-0.4, -0.2) is 37.5 Å². The third kappa shape index (κ3) is 3.30. The fourth-order valence-electron chi connectivity index (χ4n) is 2.30. The first-order valence-electron chi connectivity index (χ1n) is 7.23. The average Bonchev–Trinajstić information content (AvgIpc) is 3.17. The number of nitrogens with zero attached hydrogens (tertiary/aromatic N) is 5. The van der Waals surface area contributed by atoms with Crippen LogP contribution in [0.15, 0.2) is 33.9 Å². The molecule has 0 unspecified atom stereocenters. The van der Waals surface area contributed by atoms with Gasteiger partial charge in [-0.3, -0.25) is 4.79 Å². The minimum absolute atomic E-state index is 0.136. The summed E-state index contributed by atoms with van der Waals surface area (Å²) in [5.74, 6) is 0.526. The molecule has 0 saturated heterocycles. The molecular formula is C15H16N6O2S. The van der Waals surface area contributed by atoms with E-state index in [-0.39, 0.29) is 12.3 Å². The quantitative estimate of drug-likeness (QED) is 0.708. The van der Waals surface area contributed by atoms with E-state index in [0.717, 1.165) is 16.9 Å². The van der Waals surface area contributed by atoms with E-state index in [1.807, 2.05) is 37.4 Å². The third-order valence-corrected chi connectivity index (χ3v) is 4.14. The van der Waals surface area contributed by atoms with Gasteiger partial charge in [0, 0.05) is 11.3 Å². The number of tetrazole rings is 1. The van der Waals surface area contributed by atoms with Crippen molar-refractivity contribution >= 4 is 23.4 Å². The molecule has 8 nitrogen and oxygen atoms in total. The van der Waals surface area contributed by atoms with Crippen LogP contribution in [0.5, 0.6) is 0 Å². The van der Waals surface area contributed by atoms with Crippen molar-refractivity contribution in [1.82, 2.24) is 25.4 Å². The number of carbonyl (C=O) groups excluding carboxylic acids is 1.